The molecule has 1 amide bonds. The Balaban J connectivity index is 1.25. The minimum absolute atomic E-state index is 0.0178. The standard InChI is InChI=1S/C24H29N5O2/c1-31-23-9-8-18-6-2-3-7-20(18)21(23)16-27-14-10-19(11-15-27)29-17-22(25-26-29)24(30)28-12-4-5-13-28/h2-3,6-9,17,19H,4-5,10-16H2,1H3. The summed E-state index contributed by atoms with van der Waals surface area (Å²) in [6.45, 7) is 4.50. The first-order valence-corrected chi connectivity index (χ1v) is 11.2. The molecule has 0 radical (unpaired) electrons. The lowest BCUT2D eigenvalue weighted by atomic mass is 10.0. The van der Waals surface area contributed by atoms with Gasteiger partial charge in [0.25, 0.3) is 5.91 Å². The Morgan fingerprint density at radius 2 is 1.84 bits per heavy atom. The van der Waals surface area contributed by atoms with Crippen LogP contribution in [0.4, 0.5) is 0 Å². The molecular formula is C24H29N5O2. The Morgan fingerprint density at radius 3 is 2.61 bits per heavy atom. The molecule has 2 aromatic carbocycles. The number of rotatable bonds is 5. The van der Waals surface area contributed by atoms with Crippen molar-refractivity contribution in [2.75, 3.05) is 33.3 Å². The molecule has 1 aromatic heterocycles. The van der Waals surface area contributed by atoms with Gasteiger partial charge in [0.15, 0.2) is 5.69 Å². The van der Waals surface area contributed by atoms with Gasteiger partial charge < -0.3 is 9.64 Å². The number of carbonyl (C=O) groups is 1. The fourth-order valence-corrected chi connectivity index (χ4v) is 4.87. The molecule has 0 bridgehead atoms. The number of likely N-dealkylation sites (tertiary alicyclic amines) is 2. The third-order valence-electron chi connectivity index (χ3n) is 6.65. The molecule has 2 aliphatic heterocycles. The minimum Gasteiger partial charge on any atom is -0.496 e. The number of nitrogens with zero attached hydrogens (tertiary/aromatic N) is 5. The van der Waals surface area contributed by atoms with Crippen molar-refractivity contribution >= 4 is 16.7 Å². The molecule has 162 valence electrons. The lowest BCUT2D eigenvalue weighted by Gasteiger charge is -2.32. The Hall–Kier alpha value is -2.93. The van der Waals surface area contributed by atoms with Crippen LogP contribution in [-0.4, -0.2) is 64.0 Å². The van der Waals surface area contributed by atoms with Gasteiger partial charge in [-0.3, -0.25) is 9.69 Å². The highest BCUT2D eigenvalue weighted by atomic mass is 16.5. The molecule has 0 N–H and O–H groups in total. The van der Waals surface area contributed by atoms with E-state index in [-0.39, 0.29) is 5.91 Å². The first kappa shape index (κ1) is 20.0. The molecule has 5 rings (SSSR count). The van der Waals surface area contributed by atoms with Gasteiger partial charge in [0, 0.05) is 38.3 Å². The molecule has 31 heavy (non-hydrogen) atoms. The predicted molar refractivity (Wildman–Crippen MR) is 119 cm³/mol. The minimum atomic E-state index is 0.0178. The van der Waals surface area contributed by atoms with Crippen LogP contribution in [0.15, 0.2) is 42.6 Å². The zero-order valence-corrected chi connectivity index (χ0v) is 18.0. The number of ether oxygens (including phenoxy) is 1. The summed E-state index contributed by atoms with van der Waals surface area (Å²) < 4.78 is 7.57. The van der Waals surface area contributed by atoms with E-state index in [9.17, 15) is 4.79 Å². The van der Waals surface area contributed by atoms with Gasteiger partial charge in [-0.25, -0.2) is 4.68 Å². The molecule has 3 heterocycles. The smallest absolute Gasteiger partial charge is 0.276 e. The molecule has 3 aromatic rings. The molecule has 7 nitrogen and oxygen atoms in total. The fraction of sp³-hybridized carbons (Fsp3) is 0.458. The molecule has 2 saturated heterocycles. The van der Waals surface area contributed by atoms with E-state index >= 15 is 0 Å². The van der Waals surface area contributed by atoms with Crippen LogP contribution in [0.1, 0.15) is 47.8 Å². The topological polar surface area (TPSA) is 63.5 Å². The van der Waals surface area contributed by atoms with Crippen molar-refractivity contribution < 1.29 is 9.53 Å². The quantitative estimate of drug-likeness (QED) is 0.633. The van der Waals surface area contributed by atoms with Crippen molar-refractivity contribution in [3.8, 4) is 5.75 Å². The van der Waals surface area contributed by atoms with Crippen molar-refractivity contribution in [2.45, 2.75) is 38.3 Å². The fourth-order valence-electron chi connectivity index (χ4n) is 4.87. The predicted octanol–water partition coefficient (Wildman–Crippen LogP) is 3.51. The molecule has 0 unspecified atom stereocenters. The van der Waals surface area contributed by atoms with E-state index in [2.05, 4.69) is 51.6 Å². The second kappa shape index (κ2) is 8.67. The summed E-state index contributed by atoms with van der Waals surface area (Å²) >= 11 is 0. The molecule has 0 aliphatic carbocycles. The van der Waals surface area contributed by atoms with Crippen LogP contribution in [0.5, 0.6) is 5.75 Å². The van der Waals surface area contributed by atoms with Gasteiger partial charge in [-0.2, -0.15) is 0 Å². The molecule has 7 heteroatoms. The van der Waals surface area contributed by atoms with Crippen molar-refractivity contribution in [1.29, 1.82) is 0 Å². The van der Waals surface area contributed by atoms with E-state index in [1.807, 2.05) is 15.8 Å². The Labute approximate surface area is 182 Å². The van der Waals surface area contributed by atoms with Gasteiger partial charge in [-0.1, -0.05) is 35.5 Å². The van der Waals surface area contributed by atoms with Crippen LogP contribution in [-0.2, 0) is 6.54 Å². The normalized spacial score (nSPS) is 18.0. The van der Waals surface area contributed by atoms with Gasteiger partial charge in [-0.05, 0) is 42.5 Å². The third kappa shape index (κ3) is 4.02. The molecule has 2 aliphatic rings. The zero-order valence-electron chi connectivity index (χ0n) is 18.0. The van der Waals surface area contributed by atoms with Gasteiger partial charge in [0.05, 0.1) is 19.3 Å². The van der Waals surface area contributed by atoms with E-state index in [0.29, 0.717) is 11.7 Å². The molecule has 0 saturated carbocycles. The summed E-state index contributed by atoms with van der Waals surface area (Å²) in [6.07, 6.45) is 6.00. The summed E-state index contributed by atoms with van der Waals surface area (Å²) in [7, 11) is 1.74. The highest BCUT2D eigenvalue weighted by molar-refractivity contribution is 5.92. The van der Waals surface area contributed by atoms with Crippen molar-refractivity contribution in [2.24, 2.45) is 0 Å². The Bertz CT molecular complexity index is 1060. The maximum atomic E-state index is 12.6. The maximum absolute atomic E-state index is 12.6. The van der Waals surface area contributed by atoms with Gasteiger partial charge in [-0.15, -0.1) is 5.10 Å². The highest BCUT2D eigenvalue weighted by Gasteiger charge is 2.26. The molecular weight excluding hydrogens is 390 g/mol. The number of methoxy groups -OCH3 is 1. The van der Waals surface area contributed by atoms with Crippen LogP contribution in [0.25, 0.3) is 10.8 Å². The summed E-state index contributed by atoms with van der Waals surface area (Å²) in [5, 5.41) is 11.0. The van der Waals surface area contributed by atoms with Crippen LogP contribution in [0.3, 0.4) is 0 Å². The highest BCUT2D eigenvalue weighted by Crippen LogP contribution is 2.31. The first-order chi connectivity index (χ1) is 15.2. The molecule has 0 atom stereocenters. The number of benzene rings is 2. The molecule has 2 fully saturated rings. The van der Waals surface area contributed by atoms with Crippen LogP contribution in [0, 0.1) is 0 Å². The number of hydrogen-bond acceptors (Lipinski definition) is 5. The summed E-state index contributed by atoms with van der Waals surface area (Å²) in [6, 6.07) is 13.0. The van der Waals surface area contributed by atoms with E-state index in [1.165, 1.54) is 16.3 Å². The average molecular weight is 420 g/mol. The van der Waals surface area contributed by atoms with E-state index in [4.69, 9.17) is 4.74 Å². The average Bonchev–Trinajstić information content (AvgIpc) is 3.52. The van der Waals surface area contributed by atoms with Crippen molar-refractivity contribution in [3.05, 3.63) is 53.9 Å². The largest absolute Gasteiger partial charge is 0.496 e. The monoisotopic (exact) mass is 419 g/mol. The van der Waals surface area contributed by atoms with Crippen molar-refractivity contribution in [3.63, 3.8) is 0 Å². The van der Waals surface area contributed by atoms with Gasteiger partial charge >= 0.3 is 0 Å². The number of carbonyl (C=O) groups excluding carboxylic acids is 1. The van der Waals surface area contributed by atoms with E-state index in [0.717, 1.165) is 64.2 Å². The number of amides is 1. The summed E-state index contributed by atoms with van der Waals surface area (Å²) in [5.41, 5.74) is 1.73. The number of fused-ring (bicyclic) bond motifs is 1. The summed E-state index contributed by atoms with van der Waals surface area (Å²) in [5.74, 6) is 0.964. The zero-order chi connectivity index (χ0) is 21.2. The Morgan fingerprint density at radius 1 is 1.06 bits per heavy atom. The Kier molecular flexibility index (Phi) is 5.59. The van der Waals surface area contributed by atoms with Crippen LogP contribution in [0.2, 0.25) is 0 Å². The van der Waals surface area contributed by atoms with Crippen LogP contribution >= 0.6 is 0 Å². The number of piperidine rings is 1. The van der Waals surface area contributed by atoms with Crippen molar-refractivity contribution in [1.82, 2.24) is 24.8 Å². The SMILES string of the molecule is COc1ccc2ccccc2c1CN1CCC(n2cc(C(=O)N3CCCC3)nn2)CC1. The molecule has 0 spiro atoms. The lowest BCUT2D eigenvalue weighted by molar-refractivity contribution is 0.0787. The lowest BCUT2D eigenvalue weighted by Crippen LogP contribution is -2.34. The number of aromatic nitrogens is 3. The van der Waals surface area contributed by atoms with Crippen LogP contribution < -0.4 is 4.74 Å². The van der Waals surface area contributed by atoms with E-state index in [1.54, 1.807) is 7.11 Å². The first-order valence-electron chi connectivity index (χ1n) is 11.2. The van der Waals surface area contributed by atoms with E-state index < -0.39 is 0 Å². The summed E-state index contributed by atoms with van der Waals surface area (Å²) in [4.78, 5) is 16.9. The van der Waals surface area contributed by atoms with Gasteiger partial charge in [0.1, 0.15) is 5.75 Å². The maximum Gasteiger partial charge on any atom is 0.276 e. The second-order valence-electron chi connectivity index (χ2n) is 8.56. The number of hydrogen-bond donors (Lipinski definition) is 0. The third-order valence-corrected chi connectivity index (χ3v) is 6.65. The second-order valence-corrected chi connectivity index (χ2v) is 8.56. The van der Waals surface area contributed by atoms with Gasteiger partial charge in [0.2, 0.25) is 0 Å².